The summed E-state index contributed by atoms with van der Waals surface area (Å²) in [6, 6.07) is 8.56. The zero-order valence-electron chi connectivity index (χ0n) is 8.99. The molecule has 0 unspecified atom stereocenters. The van der Waals surface area contributed by atoms with Crippen LogP contribution in [0, 0.1) is 5.92 Å². The van der Waals surface area contributed by atoms with Crippen molar-refractivity contribution in [1.82, 2.24) is 4.90 Å². The second-order valence-electron chi connectivity index (χ2n) is 4.26. The summed E-state index contributed by atoms with van der Waals surface area (Å²) in [6.07, 6.45) is 1.18. The molecule has 2 nitrogen and oxygen atoms in total. The molecule has 82 valence electrons. The maximum absolute atomic E-state index is 6.01. The highest BCUT2D eigenvalue weighted by molar-refractivity contribution is 6.30. The minimum atomic E-state index is 0.439. The molecule has 1 saturated heterocycles. The summed E-state index contributed by atoms with van der Waals surface area (Å²) >= 11 is 6.01. The summed E-state index contributed by atoms with van der Waals surface area (Å²) in [5.74, 6) is 0.563. The summed E-state index contributed by atoms with van der Waals surface area (Å²) in [6.45, 7) is 1.88. The fraction of sp³-hybridized carbons (Fsp3) is 0.500. The van der Waals surface area contributed by atoms with Crippen molar-refractivity contribution in [2.45, 2.75) is 12.5 Å². The number of benzene rings is 1. The monoisotopic (exact) mass is 224 g/mol. The predicted molar refractivity (Wildman–Crippen MR) is 64.0 cm³/mol. The molecule has 0 bridgehead atoms. The zero-order valence-corrected chi connectivity index (χ0v) is 9.74. The maximum atomic E-state index is 6.01. The normalized spacial score (nSPS) is 27.1. The van der Waals surface area contributed by atoms with Crippen LogP contribution in [0.1, 0.15) is 18.0 Å². The van der Waals surface area contributed by atoms with Crippen molar-refractivity contribution in [3.05, 3.63) is 34.9 Å². The Hall–Kier alpha value is -0.570. The van der Waals surface area contributed by atoms with Crippen LogP contribution < -0.4 is 5.73 Å². The van der Waals surface area contributed by atoms with E-state index in [-0.39, 0.29) is 0 Å². The Morgan fingerprint density at radius 1 is 1.53 bits per heavy atom. The second-order valence-corrected chi connectivity index (χ2v) is 4.70. The lowest BCUT2D eigenvalue weighted by molar-refractivity contribution is 0.279. The predicted octanol–water partition coefficient (Wildman–Crippen LogP) is 2.29. The third kappa shape index (κ3) is 2.17. The van der Waals surface area contributed by atoms with Gasteiger partial charge in [0.1, 0.15) is 0 Å². The van der Waals surface area contributed by atoms with Crippen LogP contribution in [0.3, 0.4) is 0 Å². The average molecular weight is 225 g/mol. The molecule has 0 aliphatic carbocycles. The standard InChI is InChI=1S/C12H17ClN2/c1-15-6-5-10(8-14)12(15)9-3-2-4-11(13)7-9/h2-4,7,10,12H,5-6,8,14H2,1H3/t10-,12+/m1/s1. The van der Waals surface area contributed by atoms with Gasteiger partial charge in [-0.2, -0.15) is 0 Å². The summed E-state index contributed by atoms with van der Waals surface area (Å²) in [4.78, 5) is 2.36. The largest absolute Gasteiger partial charge is 0.330 e. The number of hydrogen-bond donors (Lipinski definition) is 1. The van der Waals surface area contributed by atoms with Crippen LogP contribution in [0.25, 0.3) is 0 Å². The number of likely N-dealkylation sites (tertiary alicyclic amines) is 1. The minimum Gasteiger partial charge on any atom is -0.330 e. The van der Waals surface area contributed by atoms with Crippen LogP contribution in [0.5, 0.6) is 0 Å². The molecular formula is C12H17ClN2. The molecule has 2 atom stereocenters. The first-order chi connectivity index (χ1) is 7.22. The average Bonchev–Trinajstić information content (AvgIpc) is 2.59. The molecule has 1 aliphatic heterocycles. The van der Waals surface area contributed by atoms with Gasteiger partial charge in [-0.25, -0.2) is 0 Å². The van der Waals surface area contributed by atoms with Crippen molar-refractivity contribution in [3.63, 3.8) is 0 Å². The number of nitrogens with zero attached hydrogens (tertiary/aromatic N) is 1. The van der Waals surface area contributed by atoms with E-state index in [9.17, 15) is 0 Å². The third-order valence-corrected chi connectivity index (χ3v) is 3.50. The Balaban J connectivity index is 2.28. The van der Waals surface area contributed by atoms with Gasteiger partial charge in [-0.3, -0.25) is 4.90 Å². The van der Waals surface area contributed by atoms with Gasteiger partial charge in [-0.15, -0.1) is 0 Å². The van der Waals surface area contributed by atoms with E-state index in [0.29, 0.717) is 12.0 Å². The van der Waals surface area contributed by atoms with Gasteiger partial charge in [0.15, 0.2) is 0 Å². The van der Waals surface area contributed by atoms with Crippen molar-refractivity contribution in [1.29, 1.82) is 0 Å². The molecule has 2 N–H and O–H groups in total. The van der Waals surface area contributed by atoms with Gasteiger partial charge in [-0.1, -0.05) is 23.7 Å². The third-order valence-electron chi connectivity index (χ3n) is 3.27. The van der Waals surface area contributed by atoms with Gasteiger partial charge in [0, 0.05) is 11.1 Å². The van der Waals surface area contributed by atoms with Crippen LogP contribution in [-0.4, -0.2) is 25.0 Å². The van der Waals surface area contributed by atoms with E-state index >= 15 is 0 Å². The highest BCUT2D eigenvalue weighted by atomic mass is 35.5. The van der Waals surface area contributed by atoms with E-state index in [4.69, 9.17) is 17.3 Å². The van der Waals surface area contributed by atoms with Crippen molar-refractivity contribution in [2.24, 2.45) is 11.7 Å². The van der Waals surface area contributed by atoms with Crippen molar-refractivity contribution in [3.8, 4) is 0 Å². The van der Waals surface area contributed by atoms with E-state index in [0.717, 1.165) is 18.1 Å². The van der Waals surface area contributed by atoms with Crippen molar-refractivity contribution < 1.29 is 0 Å². The first-order valence-corrected chi connectivity index (χ1v) is 5.76. The molecule has 15 heavy (non-hydrogen) atoms. The topological polar surface area (TPSA) is 29.3 Å². The minimum absolute atomic E-state index is 0.439. The first-order valence-electron chi connectivity index (χ1n) is 5.38. The molecule has 0 spiro atoms. The Morgan fingerprint density at radius 2 is 2.33 bits per heavy atom. The van der Waals surface area contributed by atoms with Crippen LogP contribution in [0.4, 0.5) is 0 Å². The first kappa shape index (κ1) is 10.9. The van der Waals surface area contributed by atoms with Gasteiger partial charge >= 0.3 is 0 Å². The number of nitrogens with two attached hydrogens (primary N) is 1. The molecule has 3 heteroatoms. The SMILES string of the molecule is CN1CC[C@H](CN)[C@@H]1c1cccc(Cl)c1. The Kier molecular flexibility index (Phi) is 3.29. The van der Waals surface area contributed by atoms with Crippen LogP contribution in [0.2, 0.25) is 5.02 Å². The van der Waals surface area contributed by atoms with Crippen molar-refractivity contribution >= 4 is 11.6 Å². The molecule has 0 radical (unpaired) electrons. The zero-order chi connectivity index (χ0) is 10.8. The molecule has 0 saturated carbocycles. The maximum Gasteiger partial charge on any atom is 0.0409 e. The fourth-order valence-corrected chi connectivity index (χ4v) is 2.69. The molecule has 2 rings (SSSR count). The van der Waals surface area contributed by atoms with E-state index in [2.05, 4.69) is 24.1 Å². The molecule has 1 fully saturated rings. The molecule has 1 heterocycles. The highest BCUT2D eigenvalue weighted by Gasteiger charge is 2.31. The summed E-state index contributed by atoms with van der Waals surface area (Å²) in [5.41, 5.74) is 7.09. The van der Waals surface area contributed by atoms with Gasteiger partial charge in [0.2, 0.25) is 0 Å². The van der Waals surface area contributed by atoms with Crippen LogP contribution >= 0.6 is 11.6 Å². The van der Waals surface area contributed by atoms with Gasteiger partial charge < -0.3 is 5.73 Å². The van der Waals surface area contributed by atoms with Crippen LogP contribution in [0.15, 0.2) is 24.3 Å². The van der Waals surface area contributed by atoms with E-state index in [1.807, 2.05) is 12.1 Å². The molecule has 1 aromatic rings. The fourth-order valence-electron chi connectivity index (χ4n) is 2.49. The Morgan fingerprint density at radius 3 is 3.00 bits per heavy atom. The summed E-state index contributed by atoms with van der Waals surface area (Å²) < 4.78 is 0. The lowest BCUT2D eigenvalue weighted by Gasteiger charge is -2.24. The number of rotatable bonds is 2. The highest BCUT2D eigenvalue weighted by Crippen LogP contribution is 2.35. The van der Waals surface area contributed by atoms with Crippen LogP contribution in [-0.2, 0) is 0 Å². The number of hydrogen-bond acceptors (Lipinski definition) is 2. The molecular weight excluding hydrogens is 208 g/mol. The van der Waals surface area contributed by atoms with Crippen molar-refractivity contribution in [2.75, 3.05) is 20.1 Å². The lowest BCUT2D eigenvalue weighted by Crippen LogP contribution is -2.25. The Bertz CT molecular complexity index is 340. The quantitative estimate of drug-likeness (QED) is 0.836. The van der Waals surface area contributed by atoms with E-state index in [1.54, 1.807) is 0 Å². The van der Waals surface area contributed by atoms with E-state index in [1.165, 1.54) is 12.0 Å². The lowest BCUT2D eigenvalue weighted by atomic mass is 9.94. The van der Waals surface area contributed by atoms with E-state index < -0.39 is 0 Å². The van der Waals surface area contributed by atoms with Gasteiger partial charge in [0.25, 0.3) is 0 Å². The molecule has 1 aromatic carbocycles. The number of halogens is 1. The van der Waals surface area contributed by atoms with Gasteiger partial charge in [0.05, 0.1) is 0 Å². The molecule has 0 amide bonds. The molecule has 1 aliphatic rings. The molecule has 0 aromatic heterocycles. The summed E-state index contributed by atoms with van der Waals surface area (Å²) in [7, 11) is 2.15. The summed E-state index contributed by atoms with van der Waals surface area (Å²) in [5, 5.41) is 0.809. The van der Waals surface area contributed by atoms with Gasteiger partial charge in [-0.05, 0) is 50.2 Å². The smallest absolute Gasteiger partial charge is 0.0409 e. The second kappa shape index (κ2) is 4.52. The Labute approximate surface area is 96.0 Å².